The van der Waals surface area contributed by atoms with Crippen molar-refractivity contribution in [2.24, 2.45) is 28.6 Å². The van der Waals surface area contributed by atoms with Crippen LogP contribution in [0.5, 0.6) is 0 Å². The molecule has 3 saturated carbocycles. The number of hydrogen-bond acceptors (Lipinski definition) is 2. The zero-order valence-electron chi connectivity index (χ0n) is 17.6. The summed E-state index contributed by atoms with van der Waals surface area (Å²) in [6.07, 6.45) is 10.9. The average Bonchev–Trinajstić information content (AvgIpc) is 2.93. The van der Waals surface area contributed by atoms with Gasteiger partial charge in [0.15, 0.2) is 0 Å². The van der Waals surface area contributed by atoms with Gasteiger partial charge in [-0.05, 0) is 91.4 Å². The van der Waals surface area contributed by atoms with E-state index in [4.69, 9.17) is 0 Å². The van der Waals surface area contributed by atoms with Gasteiger partial charge >= 0.3 is 0 Å². The predicted octanol–water partition coefficient (Wildman–Crippen LogP) is 5.50. The molecule has 0 saturated heterocycles. The summed E-state index contributed by atoms with van der Waals surface area (Å²) < 4.78 is 13.6. The van der Waals surface area contributed by atoms with E-state index in [1.807, 2.05) is 12.1 Å². The maximum atomic E-state index is 13.6. The molecule has 0 aliphatic heterocycles. The van der Waals surface area contributed by atoms with Crippen molar-refractivity contribution >= 4 is 6.08 Å². The van der Waals surface area contributed by atoms with Crippen LogP contribution in [-0.2, 0) is 0 Å². The number of allylic oxidation sites excluding steroid dienone is 1. The molecule has 0 radical (unpaired) electrons. The molecule has 0 aromatic heterocycles. The first kappa shape index (κ1) is 19.5. The van der Waals surface area contributed by atoms with E-state index in [9.17, 15) is 14.6 Å². The lowest BCUT2D eigenvalue weighted by atomic mass is 9.48. The monoisotopic (exact) mass is 396 g/mol. The molecule has 3 heteroatoms. The molecule has 0 heterocycles. The third kappa shape index (κ3) is 2.96. The lowest BCUT2D eigenvalue weighted by Crippen LogP contribution is -2.51. The van der Waals surface area contributed by atoms with E-state index in [-0.39, 0.29) is 22.8 Å². The van der Waals surface area contributed by atoms with Crippen LogP contribution < -0.4 is 0 Å². The van der Waals surface area contributed by atoms with E-state index < -0.39 is 6.10 Å². The van der Waals surface area contributed by atoms with Crippen molar-refractivity contribution in [3.63, 3.8) is 0 Å². The van der Waals surface area contributed by atoms with Crippen molar-refractivity contribution in [3.8, 4) is 0 Å². The fourth-order valence-electron chi connectivity index (χ4n) is 7.45. The highest BCUT2D eigenvalue weighted by atomic mass is 19.1. The van der Waals surface area contributed by atoms with Gasteiger partial charge in [-0.3, -0.25) is 0 Å². The van der Waals surface area contributed by atoms with Crippen LogP contribution in [0.4, 0.5) is 4.39 Å². The van der Waals surface area contributed by atoms with Crippen molar-refractivity contribution in [2.45, 2.75) is 71.0 Å². The Labute approximate surface area is 173 Å². The number of rotatable bonds is 1. The van der Waals surface area contributed by atoms with E-state index in [1.165, 1.54) is 11.6 Å². The van der Waals surface area contributed by atoms with Gasteiger partial charge < -0.3 is 10.2 Å². The largest absolute Gasteiger partial charge is 0.393 e. The summed E-state index contributed by atoms with van der Waals surface area (Å²) in [5.74, 6) is 1.48. The highest BCUT2D eigenvalue weighted by Gasteiger charge is 2.59. The summed E-state index contributed by atoms with van der Waals surface area (Å²) in [5, 5.41) is 21.5. The minimum atomic E-state index is -0.442. The Kier molecular flexibility index (Phi) is 4.56. The number of halogens is 1. The zero-order chi connectivity index (χ0) is 20.4. The number of aliphatic hydroxyl groups is 2. The highest BCUT2D eigenvalue weighted by molar-refractivity contribution is 5.55. The molecule has 1 aromatic rings. The predicted molar refractivity (Wildman–Crippen MR) is 113 cm³/mol. The second-order valence-electron chi connectivity index (χ2n) is 10.6. The van der Waals surface area contributed by atoms with Crippen molar-refractivity contribution < 1.29 is 14.6 Å². The molecule has 29 heavy (non-hydrogen) atoms. The SMILES string of the molecule is C[C@@]12CC[C@@H]3[C@H](CC=C4C[C@@H](O)CC[C@@]43C)[C@H]1C/C(=C/c1cccc(F)c1)[C@H]2O. The molecule has 156 valence electrons. The second kappa shape index (κ2) is 6.78. The Hall–Kier alpha value is -1.45. The molecule has 4 aliphatic rings. The van der Waals surface area contributed by atoms with Crippen molar-refractivity contribution in [2.75, 3.05) is 0 Å². The first-order valence-corrected chi connectivity index (χ1v) is 11.3. The lowest BCUT2D eigenvalue weighted by molar-refractivity contribution is -0.0685. The number of aliphatic hydroxyl groups excluding tert-OH is 2. The Morgan fingerprint density at radius 1 is 1.07 bits per heavy atom. The van der Waals surface area contributed by atoms with Crippen LogP contribution in [0.25, 0.3) is 6.08 Å². The maximum Gasteiger partial charge on any atom is 0.123 e. The molecular weight excluding hydrogens is 363 g/mol. The van der Waals surface area contributed by atoms with E-state index >= 15 is 0 Å². The van der Waals surface area contributed by atoms with Crippen LogP contribution in [0, 0.1) is 34.4 Å². The van der Waals surface area contributed by atoms with E-state index in [0.717, 1.165) is 56.1 Å². The Balaban J connectivity index is 1.47. The molecule has 0 amide bonds. The molecule has 2 nitrogen and oxygen atoms in total. The van der Waals surface area contributed by atoms with E-state index in [2.05, 4.69) is 19.9 Å². The molecule has 2 N–H and O–H groups in total. The summed E-state index contributed by atoms with van der Waals surface area (Å²) in [6, 6.07) is 6.67. The van der Waals surface area contributed by atoms with Crippen LogP contribution in [-0.4, -0.2) is 22.4 Å². The fourth-order valence-corrected chi connectivity index (χ4v) is 7.45. The van der Waals surface area contributed by atoms with Crippen molar-refractivity contribution in [1.29, 1.82) is 0 Å². The van der Waals surface area contributed by atoms with Crippen LogP contribution in [0.15, 0.2) is 41.5 Å². The van der Waals surface area contributed by atoms with Crippen molar-refractivity contribution in [3.05, 3.63) is 52.9 Å². The second-order valence-corrected chi connectivity index (χ2v) is 10.6. The zero-order valence-corrected chi connectivity index (χ0v) is 17.6. The Morgan fingerprint density at radius 2 is 1.90 bits per heavy atom. The van der Waals surface area contributed by atoms with Gasteiger partial charge in [0, 0.05) is 5.41 Å². The molecule has 5 rings (SSSR count). The molecule has 3 fully saturated rings. The molecule has 0 spiro atoms. The van der Waals surface area contributed by atoms with E-state index in [1.54, 1.807) is 12.1 Å². The third-order valence-corrected chi connectivity index (χ3v) is 9.15. The minimum Gasteiger partial charge on any atom is -0.393 e. The molecule has 0 unspecified atom stereocenters. The van der Waals surface area contributed by atoms with Gasteiger partial charge in [-0.25, -0.2) is 4.39 Å². The van der Waals surface area contributed by atoms with Gasteiger partial charge in [0.25, 0.3) is 0 Å². The average molecular weight is 397 g/mol. The summed E-state index contributed by atoms with van der Waals surface area (Å²) in [7, 11) is 0. The van der Waals surface area contributed by atoms with Gasteiger partial charge in [0.2, 0.25) is 0 Å². The molecule has 7 atom stereocenters. The minimum absolute atomic E-state index is 0.0871. The smallest absolute Gasteiger partial charge is 0.123 e. The Morgan fingerprint density at radius 3 is 2.69 bits per heavy atom. The van der Waals surface area contributed by atoms with Crippen LogP contribution in [0.3, 0.4) is 0 Å². The summed E-state index contributed by atoms with van der Waals surface area (Å²) in [5.41, 5.74) is 3.52. The summed E-state index contributed by atoms with van der Waals surface area (Å²) in [6.45, 7) is 4.70. The summed E-state index contributed by atoms with van der Waals surface area (Å²) in [4.78, 5) is 0. The van der Waals surface area contributed by atoms with Gasteiger partial charge in [0.1, 0.15) is 5.82 Å². The Bertz CT molecular complexity index is 873. The third-order valence-electron chi connectivity index (χ3n) is 9.15. The standard InChI is InChI=1S/C26H33FO2/c1-25-10-8-20(28)15-18(25)6-7-21-22(25)9-11-26(2)23(21)14-17(24(26)29)12-16-4-3-5-19(27)13-16/h3-6,12-13,20-24,28-29H,7-11,14-15H2,1-2H3/b17-12-/t20-,21-,22+,23+,24+,25-,26+/m0/s1. The highest BCUT2D eigenvalue weighted by Crippen LogP contribution is 2.65. The molecule has 1 aromatic carbocycles. The lowest BCUT2D eigenvalue weighted by Gasteiger charge is -2.57. The first-order valence-electron chi connectivity index (χ1n) is 11.3. The topological polar surface area (TPSA) is 40.5 Å². The number of fused-ring (bicyclic) bond motifs is 5. The first-order chi connectivity index (χ1) is 13.8. The van der Waals surface area contributed by atoms with Gasteiger partial charge in [0.05, 0.1) is 12.2 Å². The molecular formula is C26H33FO2. The quantitative estimate of drug-likeness (QED) is 0.615. The van der Waals surface area contributed by atoms with Crippen molar-refractivity contribution in [1.82, 2.24) is 0 Å². The van der Waals surface area contributed by atoms with Crippen LogP contribution in [0.1, 0.15) is 64.4 Å². The van der Waals surface area contributed by atoms with Gasteiger partial charge in [-0.2, -0.15) is 0 Å². The van der Waals surface area contributed by atoms with Gasteiger partial charge in [-0.15, -0.1) is 0 Å². The number of benzene rings is 1. The molecule has 4 aliphatic carbocycles. The van der Waals surface area contributed by atoms with Gasteiger partial charge in [-0.1, -0.05) is 43.7 Å². The summed E-state index contributed by atoms with van der Waals surface area (Å²) >= 11 is 0. The molecule has 0 bridgehead atoms. The number of hydrogen-bond donors (Lipinski definition) is 2. The fraction of sp³-hybridized carbons (Fsp3) is 0.615. The normalized spacial score (nSPS) is 45.3. The van der Waals surface area contributed by atoms with Crippen LogP contribution >= 0.6 is 0 Å². The van der Waals surface area contributed by atoms with Crippen LogP contribution in [0.2, 0.25) is 0 Å². The maximum absolute atomic E-state index is 13.6. The van der Waals surface area contributed by atoms with E-state index in [0.29, 0.717) is 17.8 Å².